The minimum atomic E-state index is 0. The summed E-state index contributed by atoms with van der Waals surface area (Å²) in [5.74, 6) is 0. The molecule has 3 aromatic rings. The van der Waals surface area contributed by atoms with Crippen molar-refractivity contribution in [3.8, 4) is 28.6 Å². The van der Waals surface area contributed by atoms with E-state index in [-0.39, 0.29) is 18.5 Å². The summed E-state index contributed by atoms with van der Waals surface area (Å²) in [4.78, 5) is 0. The smallest absolute Gasteiger partial charge is 0.0991 e. The molecule has 1 atom stereocenters. The number of hydrogen-bond acceptors (Lipinski definition) is 4. The lowest BCUT2D eigenvalue weighted by molar-refractivity contribution is 0.0277. The van der Waals surface area contributed by atoms with Gasteiger partial charge in [-0.1, -0.05) is 36.4 Å². The van der Waals surface area contributed by atoms with Crippen molar-refractivity contribution in [1.29, 1.82) is 5.26 Å². The van der Waals surface area contributed by atoms with Crippen LogP contribution < -0.4 is 5.32 Å². The Kier molecular flexibility index (Phi) is 5.69. The molecule has 5 nitrogen and oxygen atoms in total. The number of nitrogens with one attached hydrogen (secondary N) is 2. The van der Waals surface area contributed by atoms with Crippen LogP contribution in [0.3, 0.4) is 0 Å². The molecule has 2 aromatic carbocycles. The lowest BCUT2D eigenvalue weighted by Gasteiger charge is -2.24. The number of hydrogen-bond donors (Lipinski definition) is 2. The Bertz CT molecular complexity index is 891. The van der Waals surface area contributed by atoms with Crippen LogP contribution in [0, 0.1) is 11.3 Å². The maximum absolute atomic E-state index is 8.88. The van der Waals surface area contributed by atoms with Crippen LogP contribution in [0.4, 0.5) is 0 Å². The molecule has 0 spiro atoms. The van der Waals surface area contributed by atoms with E-state index in [0.29, 0.717) is 5.56 Å². The van der Waals surface area contributed by atoms with Crippen molar-refractivity contribution in [3.63, 3.8) is 0 Å². The average Bonchev–Trinajstić information content (AvgIpc) is 3.19. The molecule has 0 unspecified atom stereocenters. The van der Waals surface area contributed by atoms with E-state index in [4.69, 9.17) is 10.00 Å². The van der Waals surface area contributed by atoms with Crippen molar-refractivity contribution in [2.24, 2.45) is 0 Å². The van der Waals surface area contributed by atoms with Gasteiger partial charge in [-0.25, -0.2) is 0 Å². The Morgan fingerprint density at radius 3 is 2.42 bits per heavy atom. The standard InChI is InChI=1S/C20H18N4O.ClH/c21-12-14-1-3-15(4-2-14)18-11-19(24-23-18)16-5-7-17(8-6-16)20-13-22-9-10-25-20;/h1-8,11,20,22H,9-10,13H2,(H,23,24);1H/t20-;/m1./s1. The number of rotatable bonds is 3. The topological polar surface area (TPSA) is 73.7 Å². The molecule has 26 heavy (non-hydrogen) atoms. The van der Waals surface area contributed by atoms with Crippen molar-refractivity contribution < 1.29 is 4.74 Å². The summed E-state index contributed by atoms with van der Waals surface area (Å²) in [7, 11) is 0. The van der Waals surface area contributed by atoms with E-state index in [1.165, 1.54) is 5.56 Å². The average molecular weight is 367 g/mol. The minimum Gasteiger partial charge on any atom is -0.371 e. The third-order valence-electron chi connectivity index (χ3n) is 4.41. The number of ether oxygens (including phenoxy) is 1. The van der Waals surface area contributed by atoms with Crippen molar-refractivity contribution in [2.75, 3.05) is 19.7 Å². The number of H-pyrrole nitrogens is 1. The van der Waals surface area contributed by atoms with Gasteiger partial charge in [0, 0.05) is 18.7 Å². The Morgan fingerprint density at radius 2 is 1.77 bits per heavy atom. The van der Waals surface area contributed by atoms with Gasteiger partial charge in [0.15, 0.2) is 0 Å². The fourth-order valence-corrected chi connectivity index (χ4v) is 2.99. The third kappa shape index (κ3) is 3.78. The van der Waals surface area contributed by atoms with E-state index in [1.54, 1.807) is 12.1 Å². The number of halogens is 1. The molecule has 4 rings (SSSR count). The van der Waals surface area contributed by atoms with Crippen LogP contribution in [0.2, 0.25) is 0 Å². The van der Waals surface area contributed by atoms with Crippen molar-refractivity contribution in [1.82, 2.24) is 15.5 Å². The molecule has 1 aliphatic heterocycles. The molecule has 1 aromatic heterocycles. The fraction of sp³-hybridized carbons (Fsp3) is 0.200. The Labute approximate surface area is 158 Å². The predicted octanol–water partition coefficient (Wildman–Crippen LogP) is 3.70. The highest BCUT2D eigenvalue weighted by molar-refractivity contribution is 5.85. The SMILES string of the molecule is Cl.N#Cc1ccc(-c2cc(-c3ccc([C@H]4CNCCO4)cc3)[nH]n2)cc1. The molecule has 0 radical (unpaired) electrons. The molecular formula is C20H19ClN4O. The zero-order chi connectivity index (χ0) is 17.1. The fourth-order valence-electron chi connectivity index (χ4n) is 2.99. The van der Waals surface area contributed by atoms with Gasteiger partial charge in [-0.15, -0.1) is 12.4 Å². The normalized spacial score (nSPS) is 16.5. The van der Waals surface area contributed by atoms with Gasteiger partial charge in [0.2, 0.25) is 0 Å². The van der Waals surface area contributed by atoms with Gasteiger partial charge >= 0.3 is 0 Å². The summed E-state index contributed by atoms with van der Waals surface area (Å²) < 4.78 is 5.78. The second-order valence-electron chi connectivity index (χ2n) is 6.04. The number of morpholine rings is 1. The van der Waals surface area contributed by atoms with Gasteiger partial charge in [0.1, 0.15) is 0 Å². The lowest BCUT2D eigenvalue weighted by Crippen LogP contribution is -2.33. The Balaban J connectivity index is 0.00000196. The second kappa shape index (κ2) is 8.15. The van der Waals surface area contributed by atoms with Crippen LogP contribution >= 0.6 is 12.4 Å². The quantitative estimate of drug-likeness (QED) is 0.741. The number of aromatic amines is 1. The second-order valence-corrected chi connectivity index (χ2v) is 6.04. The molecule has 2 heterocycles. The van der Waals surface area contributed by atoms with Gasteiger partial charge < -0.3 is 10.1 Å². The van der Waals surface area contributed by atoms with Crippen LogP contribution in [0.1, 0.15) is 17.2 Å². The zero-order valence-electron chi connectivity index (χ0n) is 14.1. The summed E-state index contributed by atoms with van der Waals surface area (Å²) >= 11 is 0. The molecule has 1 fully saturated rings. The molecule has 2 N–H and O–H groups in total. The van der Waals surface area contributed by atoms with Gasteiger partial charge in [0.05, 0.1) is 35.7 Å². The first-order valence-electron chi connectivity index (χ1n) is 8.32. The van der Waals surface area contributed by atoms with Gasteiger partial charge in [0.25, 0.3) is 0 Å². The summed E-state index contributed by atoms with van der Waals surface area (Å²) in [6, 6.07) is 20.0. The van der Waals surface area contributed by atoms with Crippen LogP contribution in [-0.4, -0.2) is 29.9 Å². The highest BCUT2D eigenvalue weighted by Gasteiger charge is 2.15. The third-order valence-corrected chi connectivity index (χ3v) is 4.41. The maximum atomic E-state index is 8.88. The summed E-state index contributed by atoms with van der Waals surface area (Å²) in [6.45, 7) is 2.52. The molecule has 6 heteroatoms. The van der Waals surface area contributed by atoms with E-state index < -0.39 is 0 Å². The lowest BCUT2D eigenvalue weighted by atomic mass is 10.0. The van der Waals surface area contributed by atoms with Gasteiger partial charge in [-0.05, 0) is 29.3 Å². The van der Waals surface area contributed by atoms with Gasteiger partial charge in [-0.2, -0.15) is 10.4 Å². The highest BCUT2D eigenvalue weighted by atomic mass is 35.5. The van der Waals surface area contributed by atoms with E-state index in [1.807, 2.05) is 18.2 Å². The summed E-state index contributed by atoms with van der Waals surface area (Å²) in [5.41, 5.74) is 5.73. The first-order valence-corrected chi connectivity index (χ1v) is 8.32. The first kappa shape index (κ1) is 18.2. The Hall–Kier alpha value is -2.65. The van der Waals surface area contributed by atoms with Crippen LogP contribution in [0.15, 0.2) is 54.6 Å². The molecule has 132 valence electrons. The monoisotopic (exact) mass is 366 g/mol. The molecule has 0 amide bonds. The predicted molar refractivity (Wildman–Crippen MR) is 103 cm³/mol. The van der Waals surface area contributed by atoms with Crippen molar-refractivity contribution in [3.05, 3.63) is 65.7 Å². The van der Waals surface area contributed by atoms with E-state index in [2.05, 4.69) is 45.8 Å². The van der Waals surface area contributed by atoms with Crippen LogP contribution in [-0.2, 0) is 4.74 Å². The zero-order valence-corrected chi connectivity index (χ0v) is 14.9. The van der Waals surface area contributed by atoms with E-state index >= 15 is 0 Å². The van der Waals surface area contributed by atoms with Crippen LogP contribution in [0.25, 0.3) is 22.5 Å². The highest BCUT2D eigenvalue weighted by Crippen LogP contribution is 2.26. The number of nitrogens with zero attached hydrogens (tertiary/aromatic N) is 2. The summed E-state index contributed by atoms with van der Waals surface area (Å²) in [5, 5.41) is 19.7. The first-order chi connectivity index (χ1) is 12.3. The molecule has 0 bridgehead atoms. The maximum Gasteiger partial charge on any atom is 0.0991 e. The Morgan fingerprint density at radius 1 is 1.04 bits per heavy atom. The molecule has 0 saturated carbocycles. The molecule has 0 aliphatic carbocycles. The molecular weight excluding hydrogens is 348 g/mol. The van der Waals surface area contributed by atoms with Crippen molar-refractivity contribution in [2.45, 2.75) is 6.10 Å². The van der Waals surface area contributed by atoms with Crippen molar-refractivity contribution >= 4 is 12.4 Å². The summed E-state index contributed by atoms with van der Waals surface area (Å²) in [6.07, 6.45) is 0.124. The number of aromatic nitrogens is 2. The van der Waals surface area contributed by atoms with Crippen LogP contribution in [0.5, 0.6) is 0 Å². The minimum absolute atomic E-state index is 0. The number of nitriles is 1. The van der Waals surface area contributed by atoms with Gasteiger partial charge in [-0.3, -0.25) is 5.10 Å². The molecule has 1 saturated heterocycles. The number of benzene rings is 2. The largest absolute Gasteiger partial charge is 0.371 e. The van der Waals surface area contributed by atoms with E-state index in [0.717, 1.165) is 42.2 Å². The van der Waals surface area contributed by atoms with E-state index in [9.17, 15) is 0 Å². The molecule has 1 aliphatic rings.